The summed E-state index contributed by atoms with van der Waals surface area (Å²) in [5.74, 6) is 0.674. The molecule has 0 radical (unpaired) electrons. The topological polar surface area (TPSA) is 64.3 Å². The fourth-order valence-corrected chi connectivity index (χ4v) is 2.07. The molecule has 1 aromatic heterocycles. The SMILES string of the molecule is COc1ccc(CC(=O)O)cc1-n1cc(C)nc1C. The van der Waals surface area contributed by atoms with E-state index in [2.05, 4.69) is 4.98 Å². The molecule has 0 fully saturated rings. The lowest BCUT2D eigenvalue weighted by atomic mass is 10.1. The van der Waals surface area contributed by atoms with Crippen molar-refractivity contribution in [2.24, 2.45) is 0 Å². The molecule has 5 heteroatoms. The average molecular weight is 260 g/mol. The number of carboxylic acid groups (broad SMARTS) is 1. The molecule has 0 bridgehead atoms. The van der Waals surface area contributed by atoms with Crippen molar-refractivity contribution in [3.63, 3.8) is 0 Å². The molecule has 0 saturated heterocycles. The van der Waals surface area contributed by atoms with Crippen molar-refractivity contribution in [3.8, 4) is 11.4 Å². The van der Waals surface area contributed by atoms with Crippen LogP contribution >= 0.6 is 0 Å². The van der Waals surface area contributed by atoms with Crippen LogP contribution in [0, 0.1) is 13.8 Å². The molecule has 0 atom stereocenters. The number of methoxy groups -OCH3 is 1. The smallest absolute Gasteiger partial charge is 0.307 e. The van der Waals surface area contributed by atoms with Gasteiger partial charge in [-0.3, -0.25) is 4.79 Å². The molecule has 1 heterocycles. The van der Waals surface area contributed by atoms with Gasteiger partial charge in [-0.05, 0) is 31.5 Å². The number of carboxylic acids is 1. The number of imidazole rings is 1. The minimum Gasteiger partial charge on any atom is -0.495 e. The summed E-state index contributed by atoms with van der Waals surface area (Å²) in [4.78, 5) is 15.1. The number of aryl methyl sites for hydroxylation is 2. The number of aromatic nitrogens is 2. The largest absolute Gasteiger partial charge is 0.495 e. The number of ether oxygens (including phenoxy) is 1. The van der Waals surface area contributed by atoms with Gasteiger partial charge in [0.2, 0.25) is 0 Å². The molecule has 1 aromatic carbocycles. The maximum atomic E-state index is 10.8. The monoisotopic (exact) mass is 260 g/mol. The van der Waals surface area contributed by atoms with Gasteiger partial charge in [0, 0.05) is 6.20 Å². The number of hydrogen-bond donors (Lipinski definition) is 1. The third-order valence-corrected chi connectivity index (χ3v) is 2.86. The van der Waals surface area contributed by atoms with E-state index >= 15 is 0 Å². The van der Waals surface area contributed by atoms with E-state index in [9.17, 15) is 4.79 Å². The fourth-order valence-electron chi connectivity index (χ4n) is 2.07. The summed E-state index contributed by atoms with van der Waals surface area (Å²) in [6, 6.07) is 5.36. The van der Waals surface area contributed by atoms with Crippen molar-refractivity contribution in [3.05, 3.63) is 41.5 Å². The lowest BCUT2D eigenvalue weighted by molar-refractivity contribution is -0.136. The minimum atomic E-state index is -0.852. The molecule has 19 heavy (non-hydrogen) atoms. The lowest BCUT2D eigenvalue weighted by Gasteiger charge is -2.12. The average Bonchev–Trinajstić information content (AvgIpc) is 2.67. The van der Waals surface area contributed by atoms with E-state index in [1.165, 1.54) is 0 Å². The van der Waals surface area contributed by atoms with Crippen LogP contribution in [0.4, 0.5) is 0 Å². The van der Waals surface area contributed by atoms with Crippen LogP contribution in [0.2, 0.25) is 0 Å². The molecule has 0 aliphatic rings. The van der Waals surface area contributed by atoms with Gasteiger partial charge < -0.3 is 14.4 Å². The Morgan fingerprint density at radius 1 is 1.42 bits per heavy atom. The molecular weight excluding hydrogens is 244 g/mol. The zero-order valence-corrected chi connectivity index (χ0v) is 11.2. The van der Waals surface area contributed by atoms with Gasteiger partial charge in [0.05, 0.1) is 24.9 Å². The Balaban J connectivity index is 2.53. The number of hydrogen-bond acceptors (Lipinski definition) is 3. The minimum absolute atomic E-state index is 0.0102. The van der Waals surface area contributed by atoms with Gasteiger partial charge in [-0.2, -0.15) is 0 Å². The molecule has 5 nitrogen and oxygen atoms in total. The maximum absolute atomic E-state index is 10.8. The van der Waals surface area contributed by atoms with Gasteiger partial charge in [-0.15, -0.1) is 0 Å². The van der Waals surface area contributed by atoms with Crippen LogP contribution in [0.1, 0.15) is 17.1 Å². The highest BCUT2D eigenvalue weighted by Crippen LogP contribution is 2.25. The summed E-state index contributed by atoms with van der Waals surface area (Å²) in [5.41, 5.74) is 2.44. The number of aliphatic carboxylic acids is 1. The van der Waals surface area contributed by atoms with Crippen molar-refractivity contribution in [2.45, 2.75) is 20.3 Å². The maximum Gasteiger partial charge on any atom is 0.307 e. The zero-order chi connectivity index (χ0) is 14.0. The predicted octanol–water partition coefficient (Wildman–Crippen LogP) is 2.12. The lowest BCUT2D eigenvalue weighted by Crippen LogP contribution is -2.04. The first kappa shape index (κ1) is 13.1. The van der Waals surface area contributed by atoms with Crippen LogP contribution in [0.3, 0.4) is 0 Å². The van der Waals surface area contributed by atoms with Crippen molar-refractivity contribution < 1.29 is 14.6 Å². The quantitative estimate of drug-likeness (QED) is 0.914. The second-order valence-corrected chi connectivity index (χ2v) is 4.38. The van der Waals surface area contributed by atoms with Gasteiger partial charge in [0.25, 0.3) is 0 Å². The van der Waals surface area contributed by atoms with Crippen LogP contribution in [0.15, 0.2) is 24.4 Å². The second kappa shape index (κ2) is 5.14. The summed E-state index contributed by atoms with van der Waals surface area (Å²) in [6.07, 6.45) is 1.89. The number of nitrogens with zero attached hydrogens (tertiary/aromatic N) is 2. The second-order valence-electron chi connectivity index (χ2n) is 4.38. The van der Waals surface area contributed by atoms with Crippen molar-refractivity contribution in [1.29, 1.82) is 0 Å². The molecule has 0 aliphatic heterocycles. The summed E-state index contributed by atoms with van der Waals surface area (Å²) in [6.45, 7) is 3.81. The molecule has 0 spiro atoms. The number of carbonyl (C=O) groups is 1. The van der Waals surface area contributed by atoms with Crippen LogP contribution in [0.25, 0.3) is 5.69 Å². The Morgan fingerprint density at radius 3 is 2.68 bits per heavy atom. The molecule has 0 unspecified atom stereocenters. The first-order valence-corrected chi connectivity index (χ1v) is 5.93. The van der Waals surface area contributed by atoms with Gasteiger partial charge in [-0.1, -0.05) is 6.07 Å². The third kappa shape index (κ3) is 2.76. The van der Waals surface area contributed by atoms with Gasteiger partial charge >= 0.3 is 5.97 Å². The predicted molar refractivity (Wildman–Crippen MR) is 70.9 cm³/mol. The Kier molecular flexibility index (Phi) is 3.55. The van der Waals surface area contributed by atoms with Gasteiger partial charge in [0.15, 0.2) is 0 Å². The van der Waals surface area contributed by atoms with Crippen molar-refractivity contribution >= 4 is 5.97 Å². The van der Waals surface area contributed by atoms with E-state index in [1.54, 1.807) is 19.2 Å². The zero-order valence-electron chi connectivity index (χ0n) is 11.2. The van der Waals surface area contributed by atoms with Crippen LogP contribution in [0.5, 0.6) is 5.75 Å². The summed E-state index contributed by atoms with van der Waals surface area (Å²) < 4.78 is 7.23. The summed E-state index contributed by atoms with van der Waals surface area (Å²) >= 11 is 0. The molecule has 1 N–H and O–H groups in total. The van der Waals surface area contributed by atoms with E-state index in [0.29, 0.717) is 5.75 Å². The van der Waals surface area contributed by atoms with E-state index in [1.807, 2.05) is 30.7 Å². The summed E-state index contributed by atoms with van der Waals surface area (Å²) in [5, 5.41) is 8.86. The van der Waals surface area contributed by atoms with Gasteiger partial charge in [0.1, 0.15) is 11.6 Å². The normalized spacial score (nSPS) is 10.5. The molecule has 0 saturated carbocycles. The Labute approximate surface area is 111 Å². The van der Waals surface area contributed by atoms with Crippen LogP contribution in [-0.4, -0.2) is 27.7 Å². The summed E-state index contributed by atoms with van der Waals surface area (Å²) in [7, 11) is 1.59. The highest BCUT2D eigenvalue weighted by atomic mass is 16.5. The molecule has 0 aliphatic carbocycles. The Hall–Kier alpha value is -2.30. The number of rotatable bonds is 4. The molecular formula is C14H16N2O3. The number of benzene rings is 1. The highest BCUT2D eigenvalue weighted by molar-refractivity contribution is 5.71. The molecule has 2 aromatic rings. The van der Waals surface area contributed by atoms with E-state index in [-0.39, 0.29) is 6.42 Å². The van der Waals surface area contributed by atoms with E-state index < -0.39 is 5.97 Å². The Bertz CT molecular complexity index is 617. The van der Waals surface area contributed by atoms with Gasteiger partial charge in [-0.25, -0.2) is 4.98 Å². The highest BCUT2D eigenvalue weighted by Gasteiger charge is 2.11. The molecule has 100 valence electrons. The van der Waals surface area contributed by atoms with Crippen molar-refractivity contribution in [2.75, 3.05) is 7.11 Å². The third-order valence-electron chi connectivity index (χ3n) is 2.86. The molecule has 2 rings (SSSR count). The van der Waals surface area contributed by atoms with E-state index in [4.69, 9.17) is 9.84 Å². The Morgan fingerprint density at radius 2 is 2.16 bits per heavy atom. The first-order chi connectivity index (χ1) is 9.01. The van der Waals surface area contributed by atoms with Crippen LogP contribution < -0.4 is 4.74 Å². The first-order valence-electron chi connectivity index (χ1n) is 5.93. The van der Waals surface area contributed by atoms with Crippen molar-refractivity contribution in [1.82, 2.24) is 9.55 Å². The van der Waals surface area contributed by atoms with Crippen LogP contribution in [-0.2, 0) is 11.2 Å². The van der Waals surface area contributed by atoms with E-state index in [0.717, 1.165) is 22.8 Å². The fraction of sp³-hybridized carbons (Fsp3) is 0.286. The molecule has 0 amide bonds. The standard InChI is InChI=1S/C14H16N2O3/c1-9-8-16(10(2)15-9)12-6-11(7-14(17)18)4-5-13(12)19-3/h4-6,8H,7H2,1-3H3,(H,17,18).